The molecule has 1 aromatic heterocycles. The summed E-state index contributed by atoms with van der Waals surface area (Å²) in [5.74, 6) is 0. The van der Waals surface area contributed by atoms with E-state index in [0.717, 1.165) is 23.3 Å². The van der Waals surface area contributed by atoms with Gasteiger partial charge < -0.3 is 14.2 Å². The van der Waals surface area contributed by atoms with Crippen LogP contribution in [0, 0.1) is 6.92 Å². The molecule has 4 heteroatoms. The molecule has 2 aromatic carbocycles. The molecule has 0 saturated carbocycles. The normalized spacial score (nSPS) is 17.4. The molecule has 1 atom stereocenters. The Morgan fingerprint density at radius 3 is 2.67 bits per heavy atom. The summed E-state index contributed by atoms with van der Waals surface area (Å²) in [6, 6.07) is 19.0. The molecule has 0 aliphatic carbocycles. The minimum Gasteiger partial charge on any atom is -0.352 e. The lowest BCUT2D eigenvalue weighted by atomic mass is 10.2. The predicted molar refractivity (Wildman–Crippen MR) is 101 cm³/mol. The van der Waals surface area contributed by atoms with Crippen LogP contribution >= 0.6 is 15.9 Å². The summed E-state index contributed by atoms with van der Waals surface area (Å²) >= 11 is 3.48. The van der Waals surface area contributed by atoms with E-state index >= 15 is 0 Å². The molecule has 1 aliphatic heterocycles. The van der Waals surface area contributed by atoms with E-state index in [4.69, 9.17) is 4.74 Å². The van der Waals surface area contributed by atoms with Gasteiger partial charge in [0.2, 0.25) is 0 Å². The number of halogens is 1. The highest BCUT2D eigenvalue weighted by Crippen LogP contribution is 2.33. The second-order valence-corrected chi connectivity index (χ2v) is 7.00. The quantitative estimate of drug-likeness (QED) is 0.627. The first-order chi connectivity index (χ1) is 11.7. The zero-order valence-electron chi connectivity index (χ0n) is 13.5. The standard InChI is InChI=1S/C20H19BrN2O/c1-15-3-2-4-19(13-15)23-11-12-24-20(23)16-9-10-22(14-16)18-7-5-17(21)6-8-18/h2-10,13-14,20H,11-12H2,1H3. The van der Waals surface area contributed by atoms with Crippen molar-refractivity contribution in [3.8, 4) is 5.69 Å². The Balaban J connectivity index is 1.62. The molecule has 3 aromatic rings. The van der Waals surface area contributed by atoms with Crippen molar-refractivity contribution in [3.05, 3.63) is 82.6 Å². The fourth-order valence-corrected chi connectivity index (χ4v) is 3.41. The van der Waals surface area contributed by atoms with Crippen molar-refractivity contribution in [1.29, 1.82) is 0 Å². The van der Waals surface area contributed by atoms with E-state index in [2.05, 4.69) is 99.3 Å². The predicted octanol–water partition coefficient (Wildman–Crippen LogP) is 5.08. The van der Waals surface area contributed by atoms with Gasteiger partial charge in [-0.2, -0.15) is 0 Å². The van der Waals surface area contributed by atoms with Crippen LogP contribution in [-0.4, -0.2) is 17.7 Å². The summed E-state index contributed by atoms with van der Waals surface area (Å²) < 4.78 is 9.24. The number of nitrogens with zero attached hydrogens (tertiary/aromatic N) is 2. The van der Waals surface area contributed by atoms with Gasteiger partial charge in [0.25, 0.3) is 0 Å². The Hall–Kier alpha value is -2.04. The van der Waals surface area contributed by atoms with Crippen LogP contribution in [-0.2, 0) is 4.74 Å². The average molecular weight is 383 g/mol. The Labute approximate surface area is 150 Å². The molecule has 4 rings (SSSR count). The molecule has 24 heavy (non-hydrogen) atoms. The summed E-state index contributed by atoms with van der Waals surface area (Å²) in [6.07, 6.45) is 4.22. The second-order valence-electron chi connectivity index (χ2n) is 6.08. The van der Waals surface area contributed by atoms with Crippen molar-refractivity contribution < 1.29 is 4.74 Å². The van der Waals surface area contributed by atoms with Gasteiger partial charge in [0.15, 0.2) is 6.23 Å². The summed E-state index contributed by atoms with van der Waals surface area (Å²) in [4.78, 5) is 2.33. The number of rotatable bonds is 3. The first kappa shape index (κ1) is 15.5. The van der Waals surface area contributed by atoms with Gasteiger partial charge in [-0.05, 0) is 55.0 Å². The molecule has 0 spiro atoms. The fourth-order valence-electron chi connectivity index (χ4n) is 3.15. The van der Waals surface area contributed by atoms with Crippen molar-refractivity contribution >= 4 is 21.6 Å². The van der Waals surface area contributed by atoms with Gasteiger partial charge in [0.1, 0.15) is 0 Å². The first-order valence-electron chi connectivity index (χ1n) is 8.09. The molecule has 1 unspecified atom stereocenters. The lowest BCUT2D eigenvalue weighted by molar-refractivity contribution is 0.114. The molecule has 3 nitrogen and oxygen atoms in total. The van der Waals surface area contributed by atoms with E-state index in [1.807, 2.05) is 0 Å². The SMILES string of the molecule is Cc1cccc(N2CCOC2c2ccn(-c3ccc(Br)cc3)c2)c1. The first-order valence-corrected chi connectivity index (χ1v) is 8.89. The van der Waals surface area contributed by atoms with Crippen molar-refractivity contribution in [2.75, 3.05) is 18.1 Å². The van der Waals surface area contributed by atoms with Crippen LogP contribution in [0.2, 0.25) is 0 Å². The topological polar surface area (TPSA) is 17.4 Å². The minimum atomic E-state index is -0.0245. The van der Waals surface area contributed by atoms with Crippen LogP contribution in [0.1, 0.15) is 17.4 Å². The van der Waals surface area contributed by atoms with Gasteiger partial charge >= 0.3 is 0 Å². The second kappa shape index (κ2) is 6.46. The summed E-state index contributed by atoms with van der Waals surface area (Å²) in [5.41, 5.74) is 4.81. The highest BCUT2D eigenvalue weighted by Gasteiger charge is 2.27. The Kier molecular flexibility index (Phi) is 4.17. The van der Waals surface area contributed by atoms with E-state index in [1.54, 1.807) is 0 Å². The smallest absolute Gasteiger partial charge is 0.158 e. The van der Waals surface area contributed by atoms with Gasteiger partial charge in [-0.25, -0.2) is 0 Å². The third-order valence-corrected chi connectivity index (χ3v) is 4.88. The van der Waals surface area contributed by atoms with Crippen LogP contribution in [0.5, 0.6) is 0 Å². The van der Waals surface area contributed by atoms with Gasteiger partial charge in [-0.1, -0.05) is 28.1 Å². The number of hydrogen-bond acceptors (Lipinski definition) is 2. The molecule has 0 N–H and O–H groups in total. The van der Waals surface area contributed by atoms with Crippen LogP contribution in [0.4, 0.5) is 5.69 Å². The highest BCUT2D eigenvalue weighted by molar-refractivity contribution is 9.10. The number of aromatic nitrogens is 1. The lowest BCUT2D eigenvalue weighted by Gasteiger charge is -2.25. The fraction of sp³-hybridized carbons (Fsp3) is 0.200. The maximum absolute atomic E-state index is 6.02. The largest absolute Gasteiger partial charge is 0.352 e. The monoisotopic (exact) mass is 382 g/mol. The number of benzene rings is 2. The Morgan fingerprint density at radius 2 is 1.88 bits per heavy atom. The molecule has 1 aliphatic rings. The van der Waals surface area contributed by atoms with Gasteiger partial charge in [-0.3, -0.25) is 0 Å². The maximum atomic E-state index is 6.02. The van der Waals surface area contributed by atoms with E-state index in [0.29, 0.717) is 0 Å². The van der Waals surface area contributed by atoms with Crippen molar-refractivity contribution in [2.24, 2.45) is 0 Å². The molecular formula is C20H19BrN2O. The number of aryl methyl sites for hydroxylation is 1. The van der Waals surface area contributed by atoms with E-state index in [1.165, 1.54) is 16.8 Å². The third kappa shape index (κ3) is 2.99. The molecule has 0 radical (unpaired) electrons. The van der Waals surface area contributed by atoms with E-state index in [9.17, 15) is 0 Å². The molecular weight excluding hydrogens is 364 g/mol. The van der Waals surface area contributed by atoms with Crippen molar-refractivity contribution in [1.82, 2.24) is 4.57 Å². The Bertz CT molecular complexity index is 841. The van der Waals surface area contributed by atoms with E-state index in [-0.39, 0.29) is 6.23 Å². The van der Waals surface area contributed by atoms with Crippen LogP contribution in [0.25, 0.3) is 5.69 Å². The molecule has 0 amide bonds. The lowest BCUT2D eigenvalue weighted by Crippen LogP contribution is -2.23. The van der Waals surface area contributed by atoms with Crippen LogP contribution in [0.3, 0.4) is 0 Å². The van der Waals surface area contributed by atoms with Gasteiger partial charge in [0, 0.05) is 40.3 Å². The number of hydrogen-bond donors (Lipinski definition) is 0. The zero-order valence-corrected chi connectivity index (χ0v) is 15.1. The third-order valence-electron chi connectivity index (χ3n) is 4.35. The van der Waals surface area contributed by atoms with Crippen molar-refractivity contribution in [2.45, 2.75) is 13.2 Å². The zero-order chi connectivity index (χ0) is 16.5. The summed E-state index contributed by atoms with van der Waals surface area (Å²) in [6.45, 7) is 3.79. The van der Waals surface area contributed by atoms with Gasteiger partial charge in [-0.15, -0.1) is 0 Å². The average Bonchev–Trinajstić information content (AvgIpc) is 3.24. The van der Waals surface area contributed by atoms with E-state index < -0.39 is 0 Å². The number of ether oxygens (including phenoxy) is 1. The molecule has 0 bridgehead atoms. The summed E-state index contributed by atoms with van der Waals surface area (Å²) in [7, 11) is 0. The molecule has 2 heterocycles. The van der Waals surface area contributed by atoms with Gasteiger partial charge in [0.05, 0.1) is 6.61 Å². The molecule has 1 fully saturated rings. The van der Waals surface area contributed by atoms with Crippen LogP contribution < -0.4 is 4.90 Å². The number of anilines is 1. The summed E-state index contributed by atoms with van der Waals surface area (Å²) in [5, 5.41) is 0. The highest BCUT2D eigenvalue weighted by atomic mass is 79.9. The van der Waals surface area contributed by atoms with Crippen molar-refractivity contribution in [3.63, 3.8) is 0 Å². The molecule has 1 saturated heterocycles. The minimum absolute atomic E-state index is 0.0245. The Morgan fingerprint density at radius 1 is 1.04 bits per heavy atom. The van der Waals surface area contributed by atoms with Crippen LogP contribution in [0.15, 0.2) is 71.5 Å². The molecule has 122 valence electrons. The maximum Gasteiger partial charge on any atom is 0.158 e.